The molecule has 0 spiro atoms. The molecule has 11 aromatic rings. The van der Waals surface area contributed by atoms with Gasteiger partial charge >= 0.3 is 0 Å². The van der Waals surface area contributed by atoms with Gasteiger partial charge in [-0.3, -0.25) is 0 Å². The number of hydrogen-bond acceptors (Lipinski definition) is 1. The second-order valence-electron chi connectivity index (χ2n) is 12.8. The number of hydrogen-bond donors (Lipinski definition) is 0. The fourth-order valence-corrected chi connectivity index (χ4v) is 8.39. The van der Waals surface area contributed by atoms with E-state index in [1.54, 1.807) is 0 Å². The Balaban J connectivity index is 1.32. The predicted molar refractivity (Wildman–Crippen MR) is 202 cm³/mol. The van der Waals surface area contributed by atoms with Crippen LogP contribution in [0.2, 0.25) is 0 Å². The molecule has 0 radical (unpaired) electrons. The fourth-order valence-electron chi connectivity index (χ4n) is 8.39. The maximum absolute atomic E-state index is 6.99. The summed E-state index contributed by atoms with van der Waals surface area (Å²) in [6, 6.07) is 59.3. The lowest BCUT2D eigenvalue weighted by atomic mass is 9.84. The van der Waals surface area contributed by atoms with Crippen LogP contribution < -0.4 is 0 Å². The molecule has 0 unspecified atom stereocenters. The Hall–Kier alpha value is -6.38. The van der Waals surface area contributed by atoms with Gasteiger partial charge in [-0.15, -0.1) is 0 Å². The molecule has 0 atom stereocenters. The van der Waals surface area contributed by atoms with Crippen molar-refractivity contribution in [2.24, 2.45) is 0 Å². The molecule has 0 N–H and O–H groups in total. The van der Waals surface area contributed by atoms with Crippen molar-refractivity contribution < 1.29 is 4.42 Å². The zero-order valence-corrected chi connectivity index (χ0v) is 25.9. The van der Waals surface area contributed by atoms with Gasteiger partial charge in [0.05, 0.1) is 16.6 Å². The smallest absolute Gasteiger partial charge is 0.143 e. The molecule has 0 aliphatic heterocycles. The van der Waals surface area contributed by atoms with E-state index in [4.69, 9.17) is 4.42 Å². The van der Waals surface area contributed by atoms with Gasteiger partial charge in [-0.05, 0) is 63.0 Å². The van der Waals surface area contributed by atoms with E-state index in [1.807, 2.05) is 0 Å². The minimum absolute atomic E-state index is 0.891. The van der Waals surface area contributed by atoms with Gasteiger partial charge in [-0.1, -0.05) is 133 Å². The second kappa shape index (κ2) is 9.57. The molecule has 0 aliphatic rings. The number of benzene rings is 8. The van der Waals surface area contributed by atoms with Crippen LogP contribution in [0.3, 0.4) is 0 Å². The number of fused-ring (bicyclic) bond motifs is 9. The van der Waals surface area contributed by atoms with Crippen LogP contribution in [0.15, 0.2) is 168 Å². The monoisotopic (exact) mass is 609 g/mol. The van der Waals surface area contributed by atoms with E-state index in [-0.39, 0.29) is 0 Å². The third kappa shape index (κ3) is 3.36. The molecule has 3 heterocycles. The summed E-state index contributed by atoms with van der Waals surface area (Å²) >= 11 is 0. The first-order valence-corrected chi connectivity index (χ1v) is 16.5. The summed E-state index contributed by atoms with van der Waals surface area (Å²) in [4.78, 5) is 0. The number of nitrogens with zero attached hydrogens (tertiary/aromatic N) is 1. The minimum Gasteiger partial charge on any atom is -0.455 e. The SMILES string of the molecule is c1ccc(-c2c3ccccc3c(-c3c(-c4cc5c6ccccc6n6c7ccccc7c(c4)c56)oc4ccccc34)c3ccccc23)cc1. The lowest BCUT2D eigenvalue weighted by molar-refractivity contribution is 0.633. The molecule has 2 heteroatoms. The first-order valence-electron chi connectivity index (χ1n) is 16.5. The van der Waals surface area contributed by atoms with Crippen LogP contribution in [0.25, 0.3) is 104 Å². The third-order valence-electron chi connectivity index (χ3n) is 10.3. The molecule has 222 valence electrons. The predicted octanol–water partition coefficient (Wildman–Crippen LogP) is 12.9. The van der Waals surface area contributed by atoms with Gasteiger partial charge in [0.2, 0.25) is 0 Å². The number of furan rings is 1. The van der Waals surface area contributed by atoms with Crippen molar-refractivity contribution in [2.45, 2.75) is 0 Å². The maximum atomic E-state index is 6.99. The van der Waals surface area contributed by atoms with Crippen molar-refractivity contribution in [1.29, 1.82) is 0 Å². The molecule has 0 fully saturated rings. The van der Waals surface area contributed by atoms with E-state index >= 15 is 0 Å². The zero-order chi connectivity index (χ0) is 31.3. The van der Waals surface area contributed by atoms with E-state index in [9.17, 15) is 0 Å². The van der Waals surface area contributed by atoms with Crippen molar-refractivity contribution in [3.05, 3.63) is 164 Å². The summed E-state index contributed by atoms with van der Waals surface area (Å²) < 4.78 is 9.42. The lowest BCUT2D eigenvalue weighted by Crippen LogP contribution is -1.91. The van der Waals surface area contributed by atoms with Crippen molar-refractivity contribution in [1.82, 2.24) is 4.40 Å². The van der Waals surface area contributed by atoms with Crippen molar-refractivity contribution in [3.63, 3.8) is 0 Å². The first-order chi connectivity index (χ1) is 23.8. The van der Waals surface area contributed by atoms with Crippen LogP contribution in [0.5, 0.6) is 0 Å². The first kappa shape index (κ1) is 25.8. The van der Waals surface area contributed by atoms with Crippen LogP contribution in [0.4, 0.5) is 0 Å². The minimum atomic E-state index is 0.891. The Labute approximate surface area is 276 Å². The van der Waals surface area contributed by atoms with Crippen molar-refractivity contribution in [3.8, 4) is 33.6 Å². The molecular weight excluding hydrogens is 583 g/mol. The molecule has 0 saturated heterocycles. The van der Waals surface area contributed by atoms with Crippen LogP contribution in [-0.4, -0.2) is 4.40 Å². The largest absolute Gasteiger partial charge is 0.455 e. The molecule has 11 rings (SSSR count). The highest BCUT2D eigenvalue weighted by Gasteiger charge is 2.26. The summed E-state index contributed by atoms with van der Waals surface area (Å²) in [6.07, 6.45) is 0. The molecule has 8 aromatic carbocycles. The molecule has 0 saturated carbocycles. The summed E-state index contributed by atoms with van der Waals surface area (Å²) in [5.74, 6) is 0.901. The van der Waals surface area contributed by atoms with E-state index in [0.29, 0.717) is 0 Å². The molecular formula is C46H27NO. The third-order valence-corrected chi connectivity index (χ3v) is 10.3. The van der Waals surface area contributed by atoms with E-state index < -0.39 is 0 Å². The summed E-state index contributed by atoms with van der Waals surface area (Å²) in [7, 11) is 0. The maximum Gasteiger partial charge on any atom is 0.143 e. The highest BCUT2D eigenvalue weighted by Crippen LogP contribution is 2.51. The molecule has 2 nitrogen and oxygen atoms in total. The number of aromatic nitrogens is 1. The topological polar surface area (TPSA) is 17.6 Å². The van der Waals surface area contributed by atoms with Gasteiger partial charge in [0.25, 0.3) is 0 Å². The average Bonchev–Trinajstić information content (AvgIpc) is 3.81. The van der Waals surface area contributed by atoms with Crippen LogP contribution in [0, 0.1) is 0 Å². The normalized spacial score (nSPS) is 12.2. The molecule has 0 aliphatic carbocycles. The molecule has 0 bridgehead atoms. The summed E-state index contributed by atoms with van der Waals surface area (Å²) in [6.45, 7) is 0. The quantitative estimate of drug-likeness (QED) is 0.182. The van der Waals surface area contributed by atoms with Crippen LogP contribution in [0.1, 0.15) is 0 Å². The standard InChI is InChI=1S/C46H27NO/c1-2-14-28(15-3-1)42-32-18-4-6-20-34(32)43(35-21-7-5-19-33(35)42)44-36-22-10-13-25-41(36)48-46(44)29-26-37-30-16-8-11-23-39(30)47-40-24-12-9-17-31(40)38(27-29)45(37)47/h1-27H. The summed E-state index contributed by atoms with van der Waals surface area (Å²) in [5, 5.41) is 11.0. The van der Waals surface area contributed by atoms with Crippen molar-refractivity contribution >= 4 is 70.6 Å². The van der Waals surface area contributed by atoms with Gasteiger partial charge < -0.3 is 8.82 Å². The number of rotatable bonds is 3. The van der Waals surface area contributed by atoms with Gasteiger partial charge in [0.1, 0.15) is 11.3 Å². The molecule has 0 amide bonds. The Morgan fingerprint density at radius 1 is 0.333 bits per heavy atom. The van der Waals surface area contributed by atoms with Gasteiger partial charge in [-0.25, -0.2) is 0 Å². The Bertz CT molecular complexity index is 2910. The highest BCUT2D eigenvalue weighted by molar-refractivity contribution is 6.27. The van der Waals surface area contributed by atoms with Gasteiger partial charge in [0, 0.05) is 43.6 Å². The van der Waals surface area contributed by atoms with E-state index in [2.05, 4.69) is 168 Å². The Morgan fingerprint density at radius 2 is 0.792 bits per heavy atom. The van der Waals surface area contributed by atoms with Gasteiger partial charge in [-0.2, -0.15) is 0 Å². The molecule has 48 heavy (non-hydrogen) atoms. The summed E-state index contributed by atoms with van der Waals surface area (Å²) in [5.41, 5.74) is 10.5. The zero-order valence-electron chi connectivity index (χ0n) is 25.9. The van der Waals surface area contributed by atoms with E-state index in [0.717, 1.165) is 27.9 Å². The average molecular weight is 610 g/mol. The lowest BCUT2D eigenvalue weighted by Gasteiger charge is -2.18. The highest BCUT2D eigenvalue weighted by atomic mass is 16.3. The van der Waals surface area contributed by atoms with Gasteiger partial charge in [0.15, 0.2) is 0 Å². The Kier molecular flexibility index (Phi) is 5.14. The van der Waals surface area contributed by atoms with Crippen molar-refractivity contribution in [2.75, 3.05) is 0 Å². The van der Waals surface area contributed by atoms with Crippen LogP contribution in [-0.2, 0) is 0 Å². The Morgan fingerprint density at radius 3 is 1.38 bits per heavy atom. The second-order valence-corrected chi connectivity index (χ2v) is 12.8. The number of para-hydroxylation sites is 3. The van der Waals surface area contributed by atoms with E-state index in [1.165, 1.54) is 76.3 Å². The van der Waals surface area contributed by atoms with Crippen LogP contribution >= 0.6 is 0 Å². The molecule has 3 aromatic heterocycles. The fraction of sp³-hybridized carbons (Fsp3) is 0.